The molecule has 10 heteroatoms. The van der Waals surface area contributed by atoms with Crippen molar-refractivity contribution in [2.45, 2.75) is 39.8 Å². The average Bonchev–Trinajstić information content (AvgIpc) is 2.80. The van der Waals surface area contributed by atoms with Gasteiger partial charge in [0, 0.05) is 17.6 Å². The summed E-state index contributed by atoms with van der Waals surface area (Å²) >= 11 is 3.41. The molecule has 0 aliphatic rings. The molecule has 1 N–H and O–H groups in total. The van der Waals surface area contributed by atoms with E-state index in [4.69, 9.17) is 4.74 Å². The normalized spacial score (nSPS) is 12.1. The fourth-order valence-electron chi connectivity index (χ4n) is 3.30. The molecule has 2 aromatic rings. The van der Waals surface area contributed by atoms with Crippen LogP contribution in [0, 0.1) is 6.92 Å². The number of carbonyl (C=O) groups is 2. The highest BCUT2D eigenvalue weighted by Crippen LogP contribution is 2.25. The molecular weight excluding hydrogens is 522 g/mol. The van der Waals surface area contributed by atoms with Crippen LogP contribution in [0.4, 0.5) is 5.69 Å². The second kappa shape index (κ2) is 12.2. The molecule has 1 unspecified atom stereocenters. The lowest BCUT2D eigenvalue weighted by molar-refractivity contribution is -0.139. The maximum atomic E-state index is 13.5. The Balaban J connectivity index is 2.38. The number of benzene rings is 2. The van der Waals surface area contributed by atoms with Crippen molar-refractivity contribution in [3.8, 4) is 5.75 Å². The van der Waals surface area contributed by atoms with E-state index in [1.54, 1.807) is 44.4 Å². The molecule has 0 heterocycles. The molecule has 0 aromatic heterocycles. The summed E-state index contributed by atoms with van der Waals surface area (Å²) in [5.74, 6) is -0.112. The summed E-state index contributed by atoms with van der Waals surface area (Å²) in [6, 6.07) is 11.4. The lowest BCUT2D eigenvalue weighted by atomic mass is 10.1. The Hall–Kier alpha value is -2.59. The van der Waals surface area contributed by atoms with Gasteiger partial charge >= 0.3 is 0 Å². The number of hydrogen-bond acceptors (Lipinski definition) is 5. The zero-order valence-corrected chi connectivity index (χ0v) is 22.6. The topological polar surface area (TPSA) is 96.0 Å². The van der Waals surface area contributed by atoms with Gasteiger partial charge in [0.1, 0.15) is 18.3 Å². The van der Waals surface area contributed by atoms with Crippen LogP contribution >= 0.6 is 15.9 Å². The molecule has 2 rings (SSSR count). The van der Waals surface area contributed by atoms with E-state index in [1.165, 1.54) is 4.90 Å². The number of hydrogen-bond donors (Lipinski definition) is 1. The second-order valence-corrected chi connectivity index (χ2v) is 10.8. The Kier molecular flexibility index (Phi) is 9.93. The van der Waals surface area contributed by atoms with Crippen molar-refractivity contribution in [3.05, 3.63) is 58.1 Å². The first kappa shape index (κ1) is 27.7. The van der Waals surface area contributed by atoms with E-state index in [2.05, 4.69) is 21.2 Å². The number of aryl methyl sites for hydroxylation is 1. The third-order valence-corrected chi connectivity index (χ3v) is 7.37. The van der Waals surface area contributed by atoms with Crippen LogP contribution in [0.5, 0.6) is 5.75 Å². The molecule has 0 saturated carbocycles. The Morgan fingerprint density at radius 2 is 1.79 bits per heavy atom. The lowest BCUT2D eigenvalue weighted by Crippen LogP contribution is -2.51. The van der Waals surface area contributed by atoms with Gasteiger partial charge in [0.15, 0.2) is 0 Å². The molecular formula is C24H32BrN3O5S. The standard InChI is InChI=1S/C24H32BrN3O5S/c1-6-13-26-24(30)18(3)27(15-19-7-10-21(33-4)11-8-19)23(29)16-28(34(5,31)32)20-9-12-22(25)17(2)14-20/h7-12,14,18H,6,13,15-16H2,1-5H3,(H,26,30). The van der Waals surface area contributed by atoms with E-state index in [0.29, 0.717) is 18.0 Å². The molecule has 0 saturated heterocycles. The number of nitrogens with zero attached hydrogens (tertiary/aromatic N) is 2. The van der Waals surface area contributed by atoms with E-state index in [-0.39, 0.29) is 12.5 Å². The van der Waals surface area contributed by atoms with E-state index in [1.807, 2.05) is 26.0 Å². The van der Waals surface area contributed by atoms with Gasteiger partial charge in [-0.3, -0.25) is 13.9 Å². The molecule has 0 aliphatic carbocycles. The SMILES string of the molecule is CCCNC(=O)C(C)N(Cc1ccc(OC)cc1)C(=O)CN(c1ccc(Br)c(C)c1)S(C)(=O)=O. The maximum Gasteiger partial charge on any atom is 0.244 e. The van der Waals surface area contributed by atoms with Crippen LogP contribution in [0.3, 0.4) is 0 Å². The van der Waals surface area contributed by atoms with Crippen LogP contribution in [-0.4, -0.2) is 57.6 Å². The van der Waals surface area contributed by atoms with Gasteiger partial charge < -0.3 is 15.0 Å². The van der Waals surface area contributed by atoms with Gasteiger partial charge in [-0.2, -0.15) is 0 Å². The van der Waals surface area contributed by atoms with Crippen LogP contribution in [-0.2, 0) is 26.2 Å². The molecule has 0 aliphatic heterocycles. The van der Waals surface area contributed by atoms with E-state index in [0.717, 1.165) is 32.6 Å². The highest BCUT2D eigenvalue weighted by molar-refractivity contribution is 9.10. The molecule has 8 nitrogen and oxygen atoms in total. The number of ether oxygens (including phenoxy) is 1. The maximum absolute atomic E-state index is 13.5. The number of nitrogens with one attached hydrogen (secondary N) is 1. The van der Waals surface area contributed by atoms with Gasteiger partial charge in [-0.25, -0.2) is 8.42 Å². The third kappa shape index (κ3) is 7.46. The number of anilines is 1. The van der Waals surface area contributed by atoms with Crippen LogP contribution in [0.15, 0.2) is 46.9 Å². The van der Waals surface area contributed by atoms with E-state index < -0.39 is 28.5 Å². The number of methoxy groups -OCH3 is 1. The van der Waals surface area contributed by atoms with Crippen molar-refractivity contribution in [1.29, 1.82) is 0 Å². The molecule has 0 radical (unpaired) electrons. The summed E-state index contributed by atoms with van der Waals surface area (Å²) in [7, 11) is -2.20. The number of carbonyl (C=O) groups excluding carboxylic acids is 2. The zero-order valence-electron chi connectivity index (χ0n) is 20.2. The predicted molar refractivity (Wildman–Crippen MR) is 137 cm³/mol. The van der Waals surface area contributed by atoms with Crippen molar-refractivity contribution in [3.63, 3.8) is 0 Å². The lowest BCUT2D eigenvalue weighted by Gasteiger charge is -2.31. The van der Waals surface area contributed by atoms with Gasteiger partial charge in [0.05, 0.1) is 19.1 Å². The number of sulfonamides is 1. The van der Waals surface area contributed by atoms with Crippen LogP contribution < -0.4 is 14.4 Å². The minimum Gasteiger partial charge on any atom is -0.497 e. The summed E-state index contributed by atoms with van der Waals surface area (Å²) in [6.45, 7) is 5.62. The van der Waals surface area contributed by atoms with Gasteiger partial charge in [-0.15, -0.1) is 0 Å². The highest BCUT2D eigenvalue weighted by Gasteiger charge is 2.30. The molecule has 1 atom stereocenters. The fraction of sp³-hybridized carbons (Fsp3) is 0.417. The van der Waals surface area contributed by atoms with Gasteiger partial charge in [-0.1, -0.05) is 35.0 Å². The third-order valence-electron chi connectivity index (χ3n) is 5.34. The zero-order chi connectivity index (χ0) is 25.5. The summed E-state index contributed by atoms with van der Waals surface area (Å²) in [5.41, 5.74) is 2.00. The minimum atomic E-state index is -3.76. The molecule has 34 heavy (non-hydrogen) atoms. The van der Waals surface area contributed by atoms with Crippen molar-refractivity contribution in [2.24, 2.45) is 0 Å². The summed E-state index contributed by atoms with van der Waals surface area (Å²) < 4.78 is 32.3. The molecule has 186 valence electrons. The summed E-state index contributed by atoms with van der Waals surface area (Å²) in [4.78, 5) is 27.6. The Morgan fingerprint density at radius 3 is 2.32 bits per heavy atom. The quantitative estimate of drug-likeness (QED) is 0.459. The average molecular weight is 555 g/mol. The predicted octanol–water partition coefficient (Wildman–Crippen LogP) is 3.48. The van der Waals surface area contributed by atoms with E-state index in [9.17, 15) is 18.0 Å². The van der Waals surface area contributed by atoms with Crippen molar-refractivity contribution >= 4 is 43.5 Å². The summed E-state index contributed by atoms with van der Waals surface area (Å²) in [5, 5.41) is 2.81. The Bertz CT molecular complexity index is 1110. The molecule has 2 amide bonds. The molecule has 0 bridgehead atoms. The van der Waals surface area contributed by atoms with Crippen molar-refractivity contribution in [1.82, 2.24) is 10.2 Å². The van der Waals surface area contributed by atoms with Crippen LogP contribution in [0.2, 0.25) is 0 Å². The fourth-order valence-corrected chi connectivity index (χ4v) is 4.39. The Morgan fingerprint density at radius 1 is 1.15 bits per heavy atom. The van der Waals surface area contributed by atoms with Gasteiger partial charge in [-0.05, 0) is 61.7 Å². The smallest absolute Gasteiger partial charge is 0.244 e. The molecule has 2 aromatic carbocycles. The number of rotatable bonds is 11. The molecule has 0 fully saturated rings. The summed E-state index contributed by atoms with van der Waals surface area (Å²) in [6.07, 6.45) is 1.82. The number of amides is 2. The largest absolute Gasteiger partial charge is 0.497 e. The first-order valence-electron chi connectivity index (χ1n) is 10.9. The van der Waals surface area contributed by atoms with Crippen LogP contribution in [0.1, 0.15) is 31.4 Å². The first-order valence-corrected chi connectivity index (χ1v) is 13.6. The van der Waals surface area contributed by atoms with E-state index >= 15 is 0 Å². The second-order valence-electron chi connectivity index (χ2n) is 8.04. The van der Waals surface area contributed by atoms with Crippen molar-refractivity contribution < 1.29 is 22.7 Å². The minimum absolute atomic E-state index is 0.139. The number of halogens is 1. The highest BCUT2D eigenvalue weighted by atomic mass is 79.9. The first-order chi connectivity index (χ1) is 16.0. The van der Waals surface area contributed by atoms with Gasteiger partial charge in [0.25, 0.3) is 0 Å². The van der Waals surface area contributed by atoms with Crippen LogP contribution in [0.25, 0.3) is 0 Å². The Labute approximate surface area is 210 Å². The monoisotopic (exact) mass is 553 g/mol. The van der Waals surface area contributed by atoms with Crippen molar-refractivity contribution in [2.75, 3.05) is 30.8 Å². The van der Waals surface area contributed by atoms with Gasteiger partial charge in [0.2, 0.25) is 21.8 Å². The molecule has 0 spiro atoms.